The molecule has 0 fully saturated rings. The molecule has 10 heteroatoms. The van der Waals surface area contributed by atoms with Crippen LogP contribution >= 0.6 is 0 Å². The molecule has 0 radical (unpaired) electrons. The van der Waals surface area contributed by atoms with Gasteiger partial charge >= 0.3 is 0 Å². The fourth-order valence-electron chi connectivity index (χ4n) is 3.86. The van der Waals surface area contributed by atoms with Crippen molar-refractivity contribution in [3.8, 4) is 11.5 Å². The quantitative estimate of drug-likeness (QED) is 0.361. The van der Waals surface area contributed by atoms with Gasteiger partial charge < -0.3 is 15.2 Å². The molecule has 2 heterocycles. The van der Waals surface area contributed by atoms with Crippen LogP contribution < -0.4 is 15.2 Å². The fourth-order valence-corrected chi connectivity index (χ4v) is 5.36. The Morgan fingerprint density at radius 1 is 0.886 bits per heavy atom. The van der Waals surface area contributed by atoms with Crippen molar-refractivity contribution in [3.63, 3.8) is 0 Å². The number of methoxy groups -OCH3 is 2. The van der Waals surface area contributed by atoms with Crippen LogP contribution in [-0.4, -0.2) is 43.5 Å². The molecule has 0 amide bonds. The fraction of sp³-hybridized carbons (Fsp3) is 0.0800. The van der Waals surface area contributed by atoms with Gasteiger partial charge in [-0.15, -0.1) is 0 Å². The number of hydrogen-bond acceptors (Lipinski definition) is 8. The Balaban J connectivity index is 1.79. The van der Waals surface area contributed by atoms with E-state index in [4.69, 9.17) is 15.2 Å². The third-order valence-corrected chi connectivity index (χ3v) is 7.33. The van der Waals surface area contributed by atoms with E-state index in [-0.39, 0.29) is 26.8 Å². The first-order chi connectivity index (χ1) is 17.0. The van der Waals surface area contributed by atoms with E-state index in [0.29, 0.717) is 28.1 Å². The summed E-state index contributed by atoms with van der Waals surface area (Å²) in [6, 6.07) is 20.6. The second-order valence-corrected chi connectivity index (χ2v) is 9.44. The first-order valence-electron chi connectivity index (χ1n) is 10.6. The van der Waals surface area contributed by atoms with E-state index in [1.165, 1.54) is 37.2 Å². The standard InChI is InChI=1S/C25H21N5O4S/c1-33-20-14-8-9-16(22(20)34-2)15-27-30-24(26)23(35(31,32)17-10-4-3-5-11-17)21-25(30)29-19-13-7-6-12-18(19)28-21/h3-15H,26H2,1-2H3/b27-15-. The molecular formula is C25H21N5O4S. The molecule has 0 bridgehead atoms. The monoisotopic (exact) mass is 487 g/mol. The summed E-state index contributed by atoms with van der Waals surface area (Å²) in [5.41, 5.74) is 8.51. The molecule has 0 spiro atoms. The minimum absolute atomic E-state index is 0.0964. The van der Waals surface area contributed by atoms with Crippen molar-refractivity contribution in [3.05, 3.63) is 78.4 Å². The van der Waals surface area contributed by atoms with E-state index in [1.54, 1.807) is 48.5 Å². The number of anilines is 1. The smallest absolute Gasteiger partial charge is 0.212 e. The van der Waals surface area contributed by atoms with Crippen LogP contribution in [0.2, 0.25) is 0 Å². The number of para-hydroxylation sites is 3. The lowest BCUT2D eigenvalue weighted by Gasteiger charge is -2.09. The summed E-state index contributed by atoms with van der Waals surface area (Å²) in [4.78, 5) is 9.20. The summed E-state index contributed by atoms with van der Waals surface area (Å²) >= 11 is 0. The van der Waals surface area contributed by atoms with Gasteiger partial charge in [0.15, 0.2) is 17.1 Å². The summed E-state index contributed by atoms with van der Waals surface area (Å²) in [6.45, 7) is 0. The van der Waals surface area contributed by atoms with Crippen molar-refractivity contribution in [2.75, 3.05) is 20.0 Å². The molecule has 0 aliphatic carbocycles. The maximum atomic E-state index is 13.6. The number of sulfone groups is 1. The van der Waals surface area contributed by atoms with Crippen LogP contribution in [0.3, 0.4) is 0 Å². The molecule has 0 saturated carbocycles. The molecule has 2 aromatic heterocycles. The number of ether oxygens (including phenoxy) is 2. The second-order valence-electron chi connectivity index (χ2n) is 7.55. The van der Waals surface area contributed by atoms with Crippen LogP contribution in [0.5, 0.6) is 11.5 Å². The SMILES string of the molecule is COc1cccc(/C=N\n2c(N)c(S(=O)(=O)c3ccccc3)c3nc4ccccc4nc32)c1OC. The van der Waals surface area contributed by atoms with E-state index < -0.39 is 9.84 Å². The number of nitrogens with two attached hydrogens (primary N) is 1. The lowest BCUT2D eigenvalue weighted by molar-refractivity contribution is 0.354. The van der Waals surface area contributed by atoms with E-state index >= 15 is 0 Å². The van der Waals surface area contributed by atoms with E-state index in [2.05, 4.69) is 15.1 Å². The van der Waals surface area contributed by atoms with Gasteiger partial charge in [-0.05, 0) is 36.4 Å². The van der Waals surface area contributed by atoms with Crippen LogP contribution in [0.1, 0.15) is 5.56 Å². The topological polar surface area (TPSA) is 122 Å². The first-order valence-corrected chi connectivity index (χ1v) is 12.1. The van der Waals surface area contributed by atoms with Gasteiger partial charge in [-0.2, -0.15) is 9.78 Å². The molecule has 0 saturated heterocycles. The molecular weight excluding hydrogens is 466 g/mol. The van der Waals surface area contributed by atoms with Gasteiger partial charge in [0, 0.05) is 5.56 Å². The van der Waals surface area contributed by atoms with Crippen molar-refractivity contribution in [2.24, 2.45) is 5.10 Å². The minimum atomic E-state index is -4.02. The predicted molar refractivity (Wildman–Crippen MR) is 134 cm³/mol. The number of nitrogen functional groups attached to an aromatic ring is 1. The lowest BCUT2D eigenvalue weighted by Crippen LogP contribution is -2.06. The van der Waals surface area contributed by atoms with Gasteiger partial charge in [0.05, 0.1) is 36.4 Å². The summed E-state index contributed by atoms with van der Waals surface area (Å²) < 4.78 is 39.4. The number of aromatic nitrogens is 3. The van der Waals surface area contributed by atoms with E-state index in [9.17, 15) is 8.42 Å². The van der Waals surface area contributed by atoms with Gasteiger partial charge in [-0.25, -0.2) is 18.4 Å². The molecule has 9 nitrogen and oxygen atoms in total. The normalized spacial score (nSPS) is 11.9. The van der Waals surface area contributed by atoms with Crippen molar-refractivity contribution in [1.29, 1.82) is 0 Å². The average Bonchev–Trinajstić information content (AvgIpc) is 3.16. The number of nitrogens with zero attached hydrogens (tertiary/aromatic N) is 4. The molecule has 0 atom stereocenters. The summed E-state index contributed by atoms with van der Waals surface area (Å²) in [6.07, 6.45) is 1.51. The number of fused-ring (bicyclic) bond motifs is 2. The zero-order valence-electron chi connectivity index (χ0n) is 18.9. The molecule has 3 aromatic carbocycles. The summed E-state index contributed by atoms with van der Waals surface area (Å²) in [5.74, 6) is 0.902. The predicted octanol–water partition coefficient (Wildman–Crippen LogP) is 3.90. The number of rotatable bonds is 6. The van der Waals surface area contributed by atoms with Gasteiger partial charge in [-0.3, -0.25) is 0 Å². The number of hydrogen-bond donors (Lipinski definition) is 1. The van der Waals surface area contributed by atoms with Crippen molar-refractivity contribution >= 4 is 44.1 Å². The molecule has 5 aromatic rings. The van der Waals surface area contributed by atoms with Crippen LogP contribution in [0.15, 0.2) is 87.7 Å². The molecule has 35 heavy (non-hydrogen) atoms. The molecule has 0 unspecified atom stereocenters. The highest BCUT2D eigenvalue weighted by atomic mass is 32.2. The molecule has 0 aliphatic rings. The van der Waals surface area contributed by atoms with Crippen molar-refractivity contribution < 1.29 is 17.9 Å². The molecule has 2 N–H and O–H groups in total. The number of benzene rings is 3. The van der Waals surface area contributed by atoms with Gasteiger partial charge in [-0.1, -0.05) is 36.4 Å². The highest BCUT2D eigenvalue weighted by molar-refractivity contribution is 7.92. The van der Waals surface area contributed by atoms with Crippen molar-refractivity contribution in [2.45, 2.75) is 9.79 Å². The molecule has 176 valence electrons. The summed E-state index contributed by atoms with van der Waals surface area (Å²) in [7, 11) is -0.954. The Morgan fingerprint density at radius 3 is 2.26 bits per heavy atom. The highest BCUT2D eigenvalue weighted by Gasteiger charge is 2.30. The Bertz CT molecular complexity index is 1700. The van der Waals surface area contributed by atoms with Crippen LogP contribution in [-0.2, 0) is 9.84 Å². The Morgan fingerprint density at radius 2 is 1.57 bits per heavy atom. The minimum Gasteiger partial charge on any atom is -0.493 e. The third kappa shape index (κ3) is 3.73. The van der Waals surface area contributed by atoms with E-state index in [0.717, 1.165) is 0 Å². The highest BCUT2D eigenvalue weighted by Crippen LogP contribution is 2.35. The van der Waals surface area contributed by atoms with Gasteiger partial charge in [0.25, 0.3) is 0 Å². The zero-order valence-corrected chi connectivity index (χ0v) is 19.7. The maximum absolute atomic E-state index is 13.6. The third-order valence-electron chi connectivity index (χ3n) is 5.50. The molecule has 5 rings (SSSR count). The second kappa shape index (κ2) is 8.73. The van der Waals surface area contributed by atoms with Gasteiger partial charge in [0.1, 0.15) is 16.2 Å². The van der Waals surface area contributed by atoms with Crippen LogP contribution in [0.4, 0.5) is 5.82 Å². The van der Waals surface area contributed by atoms with Crippen LogP contribution in [0.25, 0.3) is 22.2 Å². The summed E-state index contributed by atoms with van der Waals surface area (Å²) in [5, 5.41) is 4.49. The van der Waals surface area contributed by atoms with Crippen LogP contribution in [0, 0.1) is 0 Å². The lowest BCUT2D eigenvalue weighted by atomic mass is 10.2. The largest absolute Gasteiger partial charge is 0.493 e. The molecule has 0 aliphatic heterocycles. The first kappa shape index (κ1) is 22.4. The van der Waals surface area contributed by atoms with Crippen molar-refractivity contribution in [1.82, 2.24) is 14.6 Å². The van der Waals surface area contributed by atoms with E-state index in [1.807, 2.05) is 12.1 Å². The zero-order chi connectivity index (χ0) is 24.6. The average molecular weight is 488 g/mol. The Kier molecular flexibility index (Phi) is 5.58. The van der Waals surface area contributed by atoms with Gasteiger partial charge in [0.2, 0.25) is 9.84 Å². The maximum Gasteiger partial charge on any atom is 0.212 e. The Hall–Kier alpha value is -4.44. The Labute approximate surface area is 201 Å².